The molecule has 12 nitrogen and oxygen atoms in total. The quantitative estimate of drug-likeness (QED) is 0.0966. The molecule has 1 spiro atoms. The molecule has 0 unspecified atom stereocenters. The predicted molar refractivity (Wildman–Crippen MR) is 243 cm³/mol. The molecule has 4 amide bonds. The zero-order chi connectivity index (χ0) is 45.2. The number of imide groups is 1. The van der Waals surface area contributed by atoms with Gasteiger partial charge in [-0.2, -0.15) is 0 Å². The number of nitrogens with zero attached hydrogens (tertiary/aromatic N) is 2. The zero-order valence-corrected chi connectivity index (χ0v) is 35.7. The van der Waals surface area contributed by atoms with E-state index < -0.39 is 65.4 Å². The number of rotatable bonds is 10. The number of cyclic esters (lactones) is 1. The molecule has 0 bridgehead atoms. The first-order valence-electron chi connectivity index (χ1n) is 21.4. The summed E-state index contributed by atoms with van der Waals surface area (Å²) in [5.41, 5.74) is 8.72. The van der Waals surface area contributed by atoms with Crippen molar-refractivity contribution in [3.63, 3.8) is 0 Å². The van der Waals surface area contributed by atoms with Gasteiger partial charge in [0.15, 0.2) is 0 Å². The third kappa shape index (κ3) is 7.44. The number of fused-ring (bicyclic) bond motifs is 3. The highest BCUT2D eigenvalue weighted by molar-refractivity contribution is 6.24. The van der Waals surface area contributed by atoms with Crippen molar-refractivity contribution in [1.82, 2.24) is 10.2 Å². The van der Waals surface area contributed by atoms with Gasteiger partial charge in [0, 0.05) is 16.7 Å². The fourth-order valence-corrected chi connectivity index (χ4v) is 9.87. The monoisotopic (exact) mass is 866 g/mol. The summed E-state index contributed by atoms with van der Waals surface area (Å²) in [5.74, 6) is 3.27. The lowest BCUT2D eigenvalue weighted by Gasteiger charge is -2.46. The summed E-state index contributed by atoms with van der Waals surface area (Å²) in [5, 5.41) is 13.0. The molecule has 0 aromatic heterocycles. The number of morpholine rings is 1. The molecule has 3 aliphatic rings. The molecule has 2 fully saturated rings. The predicted octanol–water partition coefficient (Wildman–Crippen LogP) is 7.09. The van der Waals surface area contributed by atoms with Crippen LogP contribution in [0.2, 0.25) is 0 Å². The minimum Gasteiger partial charge on any atom is -0.497 e. The molecule has 7 atom stereocenters. The van der Waals surface area contributed by atoms with Gasteiger partial charge in [0.05, 0.1) is 43.4 Å². The topological polar surface area (TPSA) is 161 Å². The van der Waals surface area contributed by atoms with Gasteiger partial charge in [0.25, 0.3) is 0 Å². The second-order valence-corrected chi connectivity index (χ2v) is 16.2. The van der Waals surface area contributed by atoms with Crippen LogP contribution in [0.4, 0.5) is 10.5 Å². The van der Waals surface area contributed by atoms with E-state index >= 15 is 9.59 Å². The van der Waals surface area contributed by atoms with Crippen molar-refractivity contribution in [3.05, 3.63) is 197 Å². The van der Waals surface area contributed by atoms with Crippen LogP contribution in [0.3, 0.4) is 0 Å². The van der Waals surface area contributed by atoms with Gasteiger partial charge < -0.3 is 30.4 Å². The number of aliphatic hydroxyl groups is 1. The molecule has 0 radical (unpaired) electrons. The molecule has 6 aromatic carbocycles. The molecule has 4 N–H and O–H groups in total. The number of urea groups is 1. The first kappa shape index (κ1) is 42.6. The molecule has 2 saturated heterocycles. The fourth-order valence-electron chi connectivity index (χ4n) is 9.87. The van der Waals surface area contributed by atoms with E-state index in [0.717, 1.165) is 16.0 Å². The molecular formula is C53H46N4O8. The van der Waals surface area contributed by atoms with Crippen molar-refractivity contribution in [2.24, 2.45) is 11.7 Å². The molecular weight excluding hydrogens is 821 g/mol. The van der Waals surface area contributed by atoms with Gasteiger partial charge in [0.1, 0.15) is 35.7 Å². The van der Waals surface area contributed by atoms with Crippen LogP contribution in [-0.4, -0.2) is 60.2 Å². The summed E-state index contributed by atoms with van der Waals surface area (Å²) < 4.78 is 18.0. The molecule has 9 rings (SSSR count). The number of esters is 1. The summed E-state index contributed by atoms with van der Waals surface area (Å²) in [6.45, 7) is 1.39. The Labute approximate surface area is 376 Å². The number of amides is 4. The van der Waals surface area contributed by atoms with Crippen molar-refractivity contribution in [2.75, 3.05) is 25.2 Å². The molecule has 0 aliphatic carbocycles. The van der Waals surface area contributed by atoms with Crippen LogP contribution in [0.5, 0.6) is 11.5 Å². The Hall–Kier alpha value is -7.72. The number of nitrogens with one attached hydrogen (secondary N) is 1. The summed E-state index contributed by atoms with van der Waals surface area (Å²) in [6.07, 6.45) is -0.928. The lowest BCUT2D eigenvalue weighted by Crippen LogP contribution is -2.55. The maximum atomic E-state index is 16.3. The first-order chi connectivity index (χ1) is 31.7. The number of carbonyl (C=O) groups excluding carboxylic acids is 4. The number of anilines is 1. The number of benzene rings is 6. The van der Waals surface area contributed by atoms with Crippen molar-refractivity contribution in [2.45, 2.75) is 42.6 Å². The lowest BCUT2D eigenvalue weighted by molar-refractivity contribution is -0.178. The maximum Gasteiger partial charge on any atom is 0.329 e. The van der Waals surface area contributed by atoms with Gasteiger partial charge in [-0.25, -0.2) is 9.69 Å². The molecule has 326 valence electrons. The third-order valence-electron chi connectivity index (χ3n) is 12.6. The minimum atomic E-state index is -2.08. The fraction of sp³-hybridized carbons (Fsp3) is 0.208. The number of primary amides is 1. The first-order valence-corrected chi connectivity index (χ1v) is 21.4. The average Bonchev–Trinajstić information content (AvgIpc) is 3.80. The van der Waals surface area contributed by atoms with E-state index in [1.165, 1.54) is 0 Å². The van der Waals surface area contributed by atoms with Crippen LogP contribution < -0.4 is 25.4 Å². The van der Waals surface area contributed by atoms with Gasteiger partial charge >= 0.3 is 12.0 Å². The number of hydrogen-bond acceptors (Lipinski definition) is 9. The van der Waals surface area contributed by atoms with Crippen molar-refractivity contribution in [3.8, 4) is 23.3 Å². The minimum absolute atomic E-state index is 0.0995. The van der Waals surface area contributed by atoms with Gasteiger partial charge in [-0.1, -0.05) is 121 Å². The van der Waals surface area contributed by atoms with Crippen LogP contribution in [0.1, 0.15) is 70.1 Å². The number of nitrogens with two attached hydrogens (primary N) is 1. The number of hydrogen-bond donors (Lipinski definition) is 3. The summed E-state index contributed by atoms with van der Waals surface area (Å²) in [6, 6.07) is 42.6. The van der Waals surface area contributed by atoms with E-state index in [1.807, 2.05) is 115 Å². The summed E-state index contributed by atoms with van der Waals surface area (Å²) in [4.78, 5) is 63.9. The van der Waals surface area contributed by atoms with E-state index in [9.17, 15) is 14.7 Å². The van der Waals surface area contributed by atoms with Crippen LogP contribution in [0.25, 0.3) is 0 Å². The van der Waals surface area contributed by atoms with E-state index in [1.54, 1.807) is 61.7 Å². The van der Waals surface area contributed by atoms with E-state index in [2.05, 4.69) is 17.2 Å². The number of para-hydroxylation sites is 1. The normalized spacial score (nSPS) is 22.5. The van der Waals surface area contributed by atoms with Crippen molar-refractivity contribution < 1.29 is 38.5 Å². The van der Waals surface area contributed by atoms with Crippen LogP contribution in [0.15, 0.2) is 158 Å². The van der Waals surface area contributed by atoms with E-state index in [4.69, 9.17) is 19.9 Å². The standard InChI is InChI=1S/C53H46N4O8/c1-33(36-14-6-3-7-15-36)55-52(62)56-42-29-26-35(23-22-34-24-27-39(63-2)28-25-34)32-41(42)53(51(56)61)44(49(54)59)46-50(60)65-47(38-18-10-5-11-19-38)45(37-16-8-4-9-17-37)57(46)48(53)40-20-12-13-21-43(40)64-31-30-58/h3-21,24-29,32-33,44-48,58H,30-31H2,1-2H3,(H2,54,59)(H,55,62)/t33-,44+,45+,46+,47-,48-,53+/m1/s1. The van der Waals surface area contributed by atoms with Gasteiger partial charge in [-0.05, 0) is 77.7 Å². The van der Waals surface area contributed by atoms with Crippen molar-refractivity contribution in [1.29, 1.82) is 0 Å². The Bertz CT molecular complexity index is 2810. The Kier molecular flexibility index (Phi) is 11.7. The molecule has 65 heavy (non-hydrogen) atoms. The molecule has 6 aromatic rings. The highest BCUT2D eigenvalue weighted by Crippen LogP contribution is 2.66. The highest BCUT2D eigenvalue weighted by Gasteiger charge is 2.75. The smallest absolute Gasteiger partial charge is 0.329 e. The van der Waals surface area contributed by atoms with Crippen molar-refractivity contribution >= 4 is 29.5 Å². The van der Waals surface area contributed by atoms with Gasteiger partial charge in [-0.15, -0.1) is 0 Å². The number of methoxy groups -OCH3 is 1. The number of carbonyl (C=O) groups is 4. The summed E-state index contributed by atoms with van der Waals surface area (Å²) in [7, 11) is 1.58. The second kappa shape index (κ2) is 17.8. The van der Waals surface area contributed by atoms with Gasteiger partial charge in [-0.3, -0.25) is 19.3 Å². The maximum absolute atomic E-state index is 16.3. The second-order valence-electron chi connectivity index (χ2n) is 16.2. The highest BCUT2D eigenvalue weighted by atomic mass is 16.6. The van der Waals surface area contributed by atoms with Crippen LogP contribution in [-0.2, 0) is 24.5 Å². The third-order valence-corrected chi connectivity index (χ3v) is 12.6. The van der Waals surface area contributed by atoms with Gasteiger partial charge in [0.2, 0.25) is 11.8 Å². The lowest BCUT2D eigenvalue weighted by atomic mass is 9.65. The Balaban J connectivity index is 1.33. The van der Waals surface area contributed by atoms with Crippen LogP contribution in [0, 0.1) is 17.8 Å². The van der Waals surface area contributed by atoms with E-state index in [-0.39, 0.29) is 24.5 Å². The number of aliphatic hydroxyl groups excluding tert-OH is 1. The number of ether oxygens (including phenoxy) is 3. The van der Waals surface area contributed by atoms with Crippen LogP contribution >= 0.6 is 0 Å². The molecule has 3 heterocycles. The Morgan fingerprint density at radius 2 is 1.42 bits per heavy atom. The molecule has 3 aliphatic heterocycles. The largest absolute Gasteiger partial charge is 0.497 e. The molecule has 12 heteroatoms. The zero-order valence-electron chi connectivity index (χ0n) is 35.7. The Morgan fingerprint density at radius 3 is 2.08 bits per heavy atom. The average molecular weight is 867 g/mol. The molecule has 0 saturated carbocycles. The summed E-state index contributed by atoms with van der Waals surface area (Å²) >= 11 is 0. The van der Waals surface area contributed by atoms with E-state index in [0.29, 0.717) is 33.8 Å². The SMILES string of the molecule is COc1ccc(C#Cc2ccc3c(c2)[C@]2(C(=O)N3C(=O)N[C@H](C)c3ccccc3)[C@H](C(N)=O)[C@H]3C(=O)O[C@H](c4ccccc4)[C@H](c4ccccc4)N3[C@@H]2c2ccccc2OCCO)cc1. The Morgan fingerprint density at radius 1 is 0.800 bits per heavy atom.